The lowest BCUT2D eigenvalue weighted by Gasteiger charge is -2.23. The molecule has 98 valence electrons. The average Bonchev–Trinajstić information content (AvgIpc) is 2.23. The Labute approximate surface area is 99.9 Å². The van der Waals surface area contributed by atoms with Crippen LogP contribution in [-0.2, 0) is 23.9 Å². The number of aliphatic carboxylic acids is 1. The minimum atomic E-state index is -1.53. The fraction of sp³-hybridized carbons (Fsp3) is 0.727. The Hall–Kier alpha value is -1.59. The first kappa shape index (κ1) is 15.4. The SMILES string of the molecule is CCOC(=O)C(C(C)C)C(C(=O)O)C(=O)OC. The lowest BCUT2D eigenvalue weighted by atomic mass is 9.83. The largest absolute Gasteiger partial charge is 0.481 e. The molecule has 6 nitrogen and oxygen atoms in total. The number of esters is 2. The highest BCUT2D eigenvalue weighted by molar-refractivity contribution is 5.98. The van der Waals surface area contributed by atoms with Crippen LogP contribution in [0.2, 0.25) is 0 Å². The maximum atomic E-state index is 11.7. The fourth-order valence-electron chi connectivity index (χ4n) is 1.56. The Kier molecular flexibility index (Phi) is 6.23. The number of rotatable bonds is 6. The molecule has 0 aliphatic rings. The molecule has 0 aliphatic heterocycles. The normalized spacial score (nSPS) is 13.9. The minimum absolute atomic E-state index is 0.134. The van der Waals surface area contributed by atoms with Gasteiger partial charge in [0.2, 0.25) is 0 Å². The van der Waals surface area contributed by atoms with Crippen LogP contribution in [0.15, 0.2) is 0 Å². The van der Waals surface area contributed by atoms with Gasteiger partial charge < -0.3 is 14.6 Å². The van der Waals surface area contributed by atoms with E-state index in [0.29, 0.717) is 0 Å². The third-order valence-electron chi connectivity index (χ3n) is 2.36. The molecule has 2 unspecified atom stereocenters. The second-order valence-electron chi connectivity index (χ2n) is 3.86. The zero-order valence-corrected chi connectivity index (χ0v) is 10.4. The van der Waals surface area contributed by atoms with Crippen molar-refractivity contribution in [1.82, 2.24) is 0 Å². The number of carboxylic acids is 1. The predicted molar refractivity (Wildman–Crippen MR) is 58.1 cm³/mol. The van der Waals surface area contributed by atoms with Crippen molar-refractivity contribution in [1.29, 1.82) is 0 Å². The van der Waals surface area contributed by atoms with E-state index >= 15 is 0 Å². The Morgan fingerprint density at radius 2 is 1.71 bits per heavy atom. The molecule has 0 heterocycles. The van der Waals surface area contributed by atoms with E-state index in [0.717, 1.165) is 7.11 Å². The van der Waals surface area contributed by atoms with Gasteiger partial charge in [-0.3, -0.25) is 14.4 Å². The van der Waals surface area contributed by atoms with E-state index in [1.807, 2.05) is 0 Å². The summed E-state index contributed by atoms with van der Waals surface area (Å²) in [5, 5.41) is 9.00. The Morgan fingerprint density at radius 3 is 2.00 bits per heavy atom. The molecule has 0 bridgehead atoms. The van der Waals surface area contributed by atoms with E-state index in [4.69, 9.17) is 9.84 Å². The number of methoxy groups -OCH3 is 1. The highest BCUT2D eigenvalue weighted by Gasteiger charge is 2.42. The van der Waals surface area contributed by atoms with Gasteiger partial charge in [0, 0.05) is 0 Å². The van der Waals surface area contributed by atoms with Gasteiger partial charge in [-0.1, -0.05) is 13.8 Å². The van der Waals surface area contributed by atoms with Crippen LogP contribution in [0.25, 0.3) is 0 Å². The zero-order chi connectivity index (χ0) is 13.6. The van der Waals surface area contributed by atoms with Gasteiger partial charge in [-0.25, -0.2) is 0 Å². The standard InChI is InChI=1S/C11H18O6/c1-5-17-11(15)7(6(2)3)8(9(12)13)10(14)16-4/h6-8H,5H2,1-4H3,(H,12,13). The fourth-order valence-corrected chi connectivity index (χ4v) is 1.56. The average molecular weight is 246 g/mol. The van der Waals surface area contributed by atoms with Gasteiger partial charge in [0.15, 0.2) is 5.92 Å². The van der Waals surface area contributed by atoms with Crippen LogP contribution in [0, 0.1) is 17.8 Å². The van der Waals surface area contributed by atoms with Crippen molar-refractivity contribution in [3.05, 3.63) is 0 Å². The quantitative estimate of drug-likeness (QED) is 0.548. The summed E-state index contributed by atoms with van der Waals surface area (Å²) in [5.74, 6) is -5.93. The number of carbonyl (C=O) groups excluding carboxylic acids is 2. The number of hydrogen-bond acceptors (Lipinski definition) is 5. The third kappa shape index (κ3) is 4.05. The molecule has 0 spiro atoms. The predicted octanol–water partition coefficient (Wildman–Crippen LogP) is 0.695. The molecule has 6 heteroatoms. The summed E-state index contributed by atoms with van der Waals surface area (Å²) in [5.41, 5.74) is 0. The molecular formula is C11H18O6. The molecule has 0 aliphatic carbocycles. The highest BCUT2D eigenvalue weighted by Crippen LogP contribution is 2.24. The van der Waals surface area contributed by atoms with E-state index in [1.165, 1.54) is 0 Å². The number of carboxylic acid groups (broad SMARTS) is 1. The summed E-state index contributed by atoms with van der Waals surface area (Å²) in [6, 6.07) is 0. The third-order valence-corrected chi connectivity index (χ3v) is 2.36. The number of carbonyl (C=O) groups is 3. The van der Waals surface area contributed by atoms with Crippen molar-refractivity contribution in [2.24, 2.45) is 17.8 Å². The van der Waals surface area contributed by atoms with Gasteiger partial charge in [-0.05, 0) is 12.8 Å². The molecule has 0 saturated carbocycles. The molecule has 0 rings (SSSR count). The lowest BCUT2D eigenvalue weighted by Crippen LogP contribution is -2.40. The molecule has 0 radical (unpaired) electrons. The van der Waals surface area contributed by atoms with Crippen molar-refractivity contribution >= 4 is 17.9 Å². The monoisotopic (exact) mass is 246 g/mol. The van der Waals surface area contributed by atoms with Crippen molar-refractivity contribution < 1.29 is 29.0 Å². The molecule has 0 fully saturated rings. The van der Waals surface area contributed by atoms with Gasteiger partial charge >= 0.3 is 17.9 Å². The van der Waals surface area contributed by atoms with E-state index < -0.39 is 29.7 Å². The number of hydrogen-bond donors (Lipinski definition) is 1. The van der Waals surface area contributed by atoms with Crippen LogP contribution >= 0.6 is 0 Å². The maximum Gasteiger partial charge on any atom is 0.320 e. The molecule has 2 atom stereocenters. The molecular weight excluding hydrogens is 228 g/mol. The molecule has 0 aromatic rings. The first-order valence-electron chi connectivity index (χ1n) is 5.34. The second kappa shape index (κ2) is 6.88. The Bertz CT molecular complexity index is 296. The summed E-state index contributed by atoms with van der Waals surface area (Å²) >= 11 is 0. The van der Waals surface area contributed by atoms with Crippen LogP contribution in [0.4, 0.5) is 0 Å². The van der Waals surface area contributed by atoms with E-state index in [9.17, 15) is 14.4 Å². The summed E-state index contributed by atoms with van der Waals surface area (Å²) in [6.45, 7) is 5.06. The van der Waals surface area contributed by atoms with E-state index in [1.54, 1.807) is 20.8 Å². The van der Waals surface area contributed by atoms with Crippen molar-refractivity contribution in [2.45, 2.75) is 20.8 Å². The second-order valence-corrected chi connectivity index (χ2v) is 3.86. The van der Waals surface area contributed by atoms with Gasteiger partial charge in [-0.2, -0.15) is 0 Å². The minimum Gasteiger partial charge on any atom is -0.481 e. The molecule has 1 N–H and O–H groups in total. The van der Waals surface area contributed by atoms with Gasteiger partial charge in [0.05, 0.1) is 19.6 Å². The van der Waals surface area contributed by atoms with Crippen LogP contribution in [0.1, 0.15) is 20.8 Å². The first-order chi connectivity index (χ1) is 7.86. The molecule has 17 heavy (non-hydrogen) atoms. The first-order valence-corrected chi connectivity index (χ1v) is 5.34. The van der Waals surface area contributed by atoms with Crippen molar-refractivity contribution in [3.8, 4) is 0 Å². The highest BCUT2D eigenvalue weighted by atomic mass is 16.5. The number of ether oxygens (including phenoxy) is 2. The van der Waals surface area contributed by atoms with Gasteiger partial charge in [0.1, 0.15) is 0 Å². The topological polar surface area (TPSA) is 89.9 Å². The van der Waals surface area contributed by atoms with Crippen molar-refractivity contribution in [3.63, 3.8) is 0 Å². The Morgan fingerprint density at radius 1 is 1.18 bits per heavy atom. The van der Waals surface area contributed by atoms with E-state index in [2.05, 4.69) is 4.74 Å². The summed E-state index contributed by atoms with van der Waals surface area (Å²) < 4.78 is 9.19. The summed E-state index contributed by atoms with van der Waals surface area (Å²) in [4.78, 5) is 34.1. The zero-order valence-electron chi connectivity index (χ0n) is 10.4. The van der Waals surface area contributed by atoms with Gasteiger partial charge in [-0.15, -0.1) is 0 Å². The van der Waals surface area contributed by atoms with Crippen LogP contribution in [-0.4, -0.2) is 36.7 Å². The summed E-state index contributed by atoms with van der Waals surface area (Å²) in [7, 11) is 1.08. The van der Waals surface area contributed by atoms with Crippen LogP contribution < -0.4 is 0 Å². The molecule has 0 aromatic carbocycles. The molecule has 0 aromatic heterocycles. The van der Waals surface area contributed by atoms with Gasteiger partial charge in [0.25, 0.3) is 0 Å². The van der Waals surface area contributed by atoms with E-state index in [-0.39, 0.29) is 12.5 Å². The molecule has 0 saturated heterocycles. The molecule has 0 amide bonds. The van der Waals surface area contributed by atoms with Crippen molar-refractivity contribution in [2.75, 3.05) is 13.7 Å². The smallest absolute Gasteiger partial charge is 0.320 e. The summed E-state index contributed by atoms with van der Waals surface area (Å²) in [6.07, 6.45) is 0. The lowest BCUT2D eigenvalue weighted by molar-refractivity contribution is -0.169. The Balaban J connectivity index is 5.17. The van der Waals surface area contributed by atoms with Crippen LogP contribution in [0.5, 0.6) is 0 Å². The van der Waals surface area contributed by atoms with Crippen LogP contribution in [0.3, 0.4) is 0 Å². The maximum absolute atomic E-state index is 11.7.